The van der Waals surface area contributed by atoms with Crippen LogP contribution in [-0.4, -0.2) is 0 Å². The van der Waals surface area contributed by atoms with Gasteiger partial charge in [-0.15, -0.1) is 0 Å². The molecule has 0 heterocycles. The number of allylic oxidation sites excluding steroid dienone is 2. The van der Waals surface area contributed by atoms with Gasteiger partial charge in [0, 0.05) is 0 Å². The molecule has 0 aromatic carbocycles. The van der Waals surface area contributed by atoms with Crippen LogP contribution in [0.4, 0.5) is 0 Å². The molecular weight excluding hydrogens is 132 g/mol. The first kappa shape index (κ1) is 6.28. The van der Waals surface area contributed by atoms with Crippen molar-refractivity contribution >= 4 is 0 Å². The monoisotopic (exact) mass is 148 g/mol. The molecule has 4 unspecified atom stereocenters. The molecule has 0 aromatic heterocycles. The second-order valence-electron chi connectivity index (χ2n) is 4.58. The first-order chi connectivity index (χ1) is 5.34. The van der Waals surface area contributed by atoms with Gasteiger partial charge in [-0.1, -0.05) is 31.4 Å². The lowest BCUT2D eigenvalue weighted by atomic mass is 9.94. The SMILES string of the molecule is CCCC1C2=C(C2)C2C(C)C12. The van der Waals surface area contributed by atoms with Gasteiger partial charge in [0.2, 0.25) is 0 Å². The van der Waals surface area contributed by atoms with Crippen molar-refractivity contribution in [3.05, 3.63) is 11.1 Å². The molecule has 0 bridgehead atoms. The molecule has 0 aliphatic heterocycles. The summed E-state index contributed by atoms with van der Waals surface area (Å²) in [6.45, 7) is 4.77. The van der Waals surface area contributed by atoms with Gasteiger partial charge in [-0.3, -0.25) is 0 Å². The molecule has 3 aliphatic carbocycles. The molecule has 0 N–H and O–H groups in total. The summed E-state index contributed by atoms with van der Waals surface area (Å²) in [6.07, 6.45) is 4.30. The molecule has 0 amide bonds. The van der Waals surface area contributed by atoms with Crippen LogP contribution in [0.15, 0.2) is 11.1 Å². The van der Waals surface area contributed by atoms with Crippen LogP contribution in [0.5, 0.6) is 0 Å². The summed E-state index contributed by atoms with van der Waals surface area (Å²) in [5, 5.41) is 0. The van der Waals surface area contributed by atoms with Gasteiger partial charge in [0.05, 0.1) is 0 Å². The standard InChI is InChI=1S/C11H16/c1-3-4-7-8-5-9(8)11-6(2)10(7)11/h6-7,10-11H,3-5H2,1-2H3. The highest BCUT2D eigenvalue weighted by atomic mass is 14.7. The molecule has 1 fully saturated rings. The van der Waals surface area contributed by atoms with E-state index in [9.17, 15) is 0 Å². The van der Waals surface area contributed by atoms with E-state index in [0.717, 1.165) is 23.7 Å². The second-order valence-corrected chi connectivity index (χ2v) is 4.58. The first-order valence-electron chi connectivity index (χ1n) is 5.06. The quantitative estimate of drug-likeness (QED) is 0.528. The molecule has 0 aromatic rings. The van der Waals surface area contributed by atoms with Gasteiger partial charge in [0.1, 0.15) is 0 Å². The number of fused-ring (bicyclic) bond motifs is 2. The Hall–Kier alpha value is -0.260. The van der Waals surface area contributed by atoms with Gasteiger partial charge in [-0.2, -0.15) is 0 Å². The average Bonchev–Trinajstić information content (AvgIpc) is 2.81. The maximum Gasteiger partial charge on any atom is -0.00968 e. The largest absolute Gasteiger partial charge is 0.0654 e. The summed E-state index contributed by atoms with van der Waals surface area (Å²) in [7, 11) is 0. The highest BCUT2D eigenvalue weighted by Crippen LogP contribution is 2.71. The van der Waals surface area contributed by atoms with Crippen LogP contribution in [0.1, 0.15) is 33.1 Å². The van der Waals surface area contributed by atoms with E-state index in [-0.39, 0.29) is 0 Å². The Kier molecular flexibility index (Phi) is 0.987. The van der Waals surface area contributed by atoms with Crippen LogP contribution in [0.3, 0.4) is 0 Å². The lowest BCUT2D eigenvalue weighted by Crippen LogP contribution is -2.01. The van der Waals surface area contributed by atoms with E-state index in [2.05, 4.69) is 13.8 Å². The molecule has 0 radical (unpaired) electrons. The number of hydrogen-bond donors (Lipinski definition) is 0. The molecule has 1 saturated carbocycles. The third-order valence-corrected chi connectivity index (χ3v) is 4.03. The number of hydrogen-bond acceptors (Lipinski definition) is 0. The van der Waals surface area contributed by atoms with Crippen molar-refractivity contribution < 1.29 is 0 Å². The Morgan fingerprint density at radius 2 is 2.18 bits per heavy atom. The highest BCUT2D eigenvalue weighted by Gasteiger charge is 2.63. The zero-order valence-corrected chi connectivity index (χ0v) is 7.43. The van der Waals surface area contributed by atoms with Gasteiger partial charge in [-0.25, -0.2) is 0 Å². The molecular formula is C11H16. The predicted octanol–water partition coefficient (Wildman–Crippen LogP) is 3.00. The molecule has 4 atom stereocenters. The van der Waals surface area contributed by atoms with Crippen LogP contribution < -0.4 is 0 Å². The molecule has 0 saturated heterocycles. The third kappa shape index (κ3) is 0.617. The Balaban J connectivity index is 1.81. The highest BCUT2D eigenvalue weighted by molar-refractivity contribution is 5.50. The molecule has 3 aliphatic rings. The van der Waals surface area contributed by atoms with Crippen LogP contribution >= 0.6 is 0 Å². The fraction of sp³-hybridized carbons (Fsp3) is 0.818. The zero-order valence-electron chi connectivity index (χ0n) is 7.43. The molecule has 0 spiro atoms. The van der Waals surface area contributed by atoms with Crippen molar-refractivity contribution in [3.63, 3.8) is 0 Å². The molecule has 0 heteroatoms. The maximum absolute atomic E-state index is 2.44. The summed E-state index contributed by atoms with van der Waals surface area (Å²) in [4.78, 5) is 0. The van der Waals surface area contributed by atoms with Crippen LogP contribution in [-0.2, 0) is 0 Å². The summed E-state index contributed by atoms with van der Waals surface area (Å²) < 4.78 is 0. The van der Waals surface area contributed by atoms with E-state index in [1.807, 2.05) is 11.1 Å². The lowest BCUT2D eigenvalue weighted by Gasteiger charge is -2.10. The Labute approximate surface area is 68.7 Å². The predicted molar refractivity (Wildman–Crippen MR) is 46.2 cm³/mol. The van der Waals surface area contributed by atoms with Crippen molar-refractivity contribution in [1.29, 1.82) is 0 Å². The topological polar surface area (TPSA) is 0 Å². The number of rotatable bonds is 2. The fourth-order valence-corrected chi connectivity index (χ4v) is 3.43. The van der Waals surface area contributed by atoms with Crippen molar-refractivity contribution in [2.45, 2.75) is 33.1 Å². The minimum Gasteiger partial charge on any atom is -0.0654 e. The molecule has 60 valence electrons. The summed E-state index contributed by atoms with van der Waals surface area (Å²) in [5.74, 6) is 4.32. The van der Waals surface area contributed by atoms with Crippen molar-refractivity contribution in [1.82, 2.24) is 0 Å². The first-order valence-corrected chi connectivity index (χ1v) is 5.06. The smallest absolute Gasteiger partial charge is 0.00968 e. The van der Waals surface area contributed by atoms with Crippen molar-refractivity contribution in [2.24, 2.45) is 23.7 Å². The van der Waals surface area contributed by atoms with E-state index in [1.54, 1.807) is 0 Å². The molecule has 0 nitrogen and oxygen atoms in total. The van der Waals surface area contributed by atoms with Gasteiger partial charge < -0.3 is 0 Å². The van der Waals surface area contributed by atoms with E-state index in [4.69, 9.17) is 0 Å². The second kappa shape index (κ2) is 1.73. The normalized spacial score (nSPS) is 50.7. The molecule has 3 rings (SSSR count). The Morgan fingerprint density at radius 3 is 2.82 bits per heavy atom. The minimum atomic E-state index is 1.05. The van der Waals surface area contributed by atoms with Crippen LogP contribution in [0, 0.1) is 23.7 Å². The fourth-order valence-electron chi connectivity index (χ4n) is 3.43. The molecule has 11 heavy (non-hydrogen) atoms. The van der Waals surface area contributed by atoms with Gasteiger partial charge in [0.15, 0.2) is 0 Å². The Morgan fingerprint density at radius 1 is 1.36 bits per heavy atom. The Bertz CT molecular complexity index is 236. The maximum atomic E-state index is 2.44. The average molecular weight is 148 g/mol. The van der Waals surface area contributed by atoms with Crippen LogP contribution in [0.2, 0.25) is 0 Å². The summed E-state index contributed by atoms with van der Waals surface area (Å²) in [5.41, 5.74) is 3.78. The van der Waals surface area contributed by atoms with E-state index < -0.39 is 0 Å². The van der Waals surface area contributed by atoms with Crippen molar-refractivity contribution in [2.75, 3.05) is 0 Å². The lowest BCUT2D eigenvalue weighted by molar-refractivity contribution is 0.474. The van der Waals surface area contributed by atoms with Crippen LogP contribution in [0.25, 0.3) is 0 Å². The van der Waals surface area contributed by atoms with E-state index >= 15 is 0 Å². The minimum absolute atomic E-state index is 1.05. The van der Waals surface area contributed by atoms with Gasteiger partial charge >= 0.3 is 0 Å². The van der Waals surface area contributed by atoms with Gasteiger partial charge in [0.25, 0.3) is 0 Å². The zero-order chi connectivity index (χ0) is 7.59. The van der Waals surface area contributed by atoms with E-state index in [0.29, 0.717) is 0 Å². The van der Waals surface area contributed by atoms with Gasteiger partial charge in [-0.05, 0) is 36.5 Å². The van der Waals surface area contributed by atoms with E-state index in [1.165, 1.54) is 19.3 Å². The third-order valence-electron chi connectivity index (χ3n) is 4.03. The van der Waals surface area contributed by atoms with Crippen molar-refractivity contribution in [3.8, 4) is 0 Å². The summed E-state index contributed by atoms with van der Waals surface area (Å²) >= 11 is 0. The summed E-state index contributed by atoms with van der Waals surface area (Å²) in [6, 6.07) is 0.